The zero-order chi connectivity index (χ0) is 13.1. The predicted octanol–water partition coefficient (Wildman–Crippen LogP) is 3.58. The van der Waals surface area contributed by atoms with Gasteiger partial charge in [0, 0.05) is 0 Å². The molecule has 0 bridgehead atoms. The van der Waals surface area contributed by atoms with Crippen LogP contribution in [0.15, 0.2) is 36.4 Å². The van der Waals surface area contributed by atoms with E-state index in [1.165, 1.54) is 0 Å². The first-order valence-corrected chi connectivity index (χ1v) is 6.33. The van der Waals surface area contributed by atoms with Crippen molar-refractivity contribution in [3.05, 3.63) is 51.1 Å². The van der Waals surface area contributed by atoms with Gasteiger partial charge in [-0.25, -0.2) is 0 Å². The van der Waals surface area contributed by atoms with E-state index in [1.54, 1.807) is 42.5 Å². The normalized spacial score (nSPS) is 10.9. The molecule has 0 heterocycles. The third-order valence-corrected chi connectivity index (χ3v) is 3.52. The summed E-state index contributed by atoms with van der Waals surface area (Å²) in [5, 5.41) is 28.3. The maximum Gasteiger partial charge on any atom is 0.133 e. The minimum atomic E-state index is 0.0564. The van der Waals surface area contributed by atoms with Gasteiger partial charge in [0.25, 0.3) is 0 Å². The molecule has 0 atom stereocenters. The number of phenolic OH excluding ortho intramolecular Hbond substituents is 3. The van der Waals surface area contributed by atoms with E-state index in [9.17, 15) is 10.2 Å². The number of aromatic hydroxyl groups is 3. The second kappa shape index (κ2) is 5.30. The van der Waals surface area contributed by atoms with Crippen LogP contribution in [0.2, 0.25) is 0 Å². The van der Waals surface area contributed by atoms with Gasteiger partial charge < -0.3 is 15.3 Å². The molecule has 92 valence electrons. The van der Waals surface area contributed by atoms with Gasteiger partial charge in [0.15, 0.2) is 0 Å². The second-order valence-electron chi connectivity index (χ2n) is 3.80. The Morgan fingerprint density at radius 1 is 0.778 bits per heavy atom. The smallest absolute Gasteiger partial charge is 0.133 e. The summed E-state index contributed by atoms with van der Waals surface area (Å²) in [4.78, 5) is 0. The SMILES string of the molecule is Oc1ccc(/C=C/c2cc(O)c(I)c(O)c2)cc1. The fourth-order valence-corrected chi connectivity index (χ4v) is 1.80. The van der Waals surface area contributed by atoms with E-state index in [-0.39, 0.29) is 17.2 Å². The van der Waals surface area contributed by atoms with Crippen LogP contribution in [0, 0.1) is 3.57 Å². The number of phenols is 3. The van der Waals surface area contributed by atoms with Crippen molar-refractivity contribution in [2.45, 2.75) is 0 Å². The summed E-state index contributed by atoms with van der Waals surface area (Å²) in [5.74, 6) is 0.332. The van der Waals surface area contributed by atoms with E-state index in [4.69, 9.17) is 5.11 Å². The van der Waals surface area contributed by atoms with Gasteiger partial charge in [0.1, 0.15) is 17.2 Å². The molecule has 2 rings (SSSR count). The summed E-state index contributed by atoms with van der Waals surface area (Å²) >= 11 is 1.88. The maximum atomic E-state index is 9.58. The van der Waals surface area contributed by atoms with Crippen LogP contribution in [0.4, 0.5) is 0 Å². The summed E-state index contributed by atoms with van der Waals surface area (Å²) in [5.41, 5.74) is 1.63. The van der Waals surface area contributed by atoms with E-state index in [0.717, 1.165) is 5.56 Å². The van der Waals surface area contributed by atoms with Crippen LogP contribution >= 0.6 is 22.6 Å². The first-order valence-electron chi connectivity index (χ1n) is 5.25. The molecule has 18 heavy (non-hydrogen) atoms. The van der Waals surface area contributed by atoms with Crippen LogP contribution in [-0.4, -0.2) is 15.3 Å². The van der Waals surface area contributed by atoms with Crippen molar-refractivity contribution in [3.8, 4) is 17.2 Å². The Bertz CT molecular complexity index is 565. The molecule has 0 saturated heterocycles. The van der Waals surface area contributed by atoms with Crippen LogP contribution in [0.3, 0.4) is 0 Å². The highest BCUT2D eigenvalue weighted by Crippen LogP contribution is 2.30. The summed E-state index contributed by atoms with van der Waals surface area (Å²) in [6.45, 7) is 0. The number of hydrogen-bond acceptors (Lipinski definition) is 3. The van der Waals surface area contributed by atoms with E-state index < -0.39 is 0 Å². The van der Waals surface area contributed by atoms with Gasteiger partial charge in [-0.1, -0.05) is 24.3 Å². The summed E-state index contributed by atoms with van der Waals surface area (Å²) in [6.07, 6.45) is 3.61. The largest absolute Gasteiger partial charge is 0.508 e. The molecule has 0 spiro atoms. The molecule has 0 aliphatic rings. The molecule has 0 saturated carbocycles. The highest BCUT2D eigenvalue weighted by molar-refractivity contribution is 14.1. The molecule has 0 fully saturated rings. The summed E-state index contributed by atoms with van der Waals surface area (Å²) < 4.78 is 0.439. The van der Waals surface area contributed by atoms with Crippen molar-refractivity contribution in [2.75, 3.05) is 0 Å². The molecule has 0 aliphatic carbocycles. The zero-order valence-corrected chi connectivity index (χ0v) is 11.5. The van der Waals surface area contributed by atoms with E-state index in [1.807, 2.05) is 28.7 Å². The van der Waals surface area contributed by atoms with Crippen molar-refractivity contribution < 1.29 is 15.3 Å². The maximum absolute atomic E-state index is 9.58. The minimum Gasteiger partial charge on any atom is -0.508 e. The second-order valence-corrected chi connectivity index (χ2v) is 4.88. The first-order chi connectivity index (χ1) is 8.56. The average Bonchev–Trinajstić information content (AvgIpc) is 2.35. The van der Waals surface area contributed by atoms with Crippen molar-refractivity contribution in [3.63, 3.8) is 0 Å². The molecule has 2 aromatic rings. The van der Waals surface area contributed by atoms with Gasteiger partial charge in [-0.15, -0.1) is 0 Å². The van der Waals surface area contributed by atoms with Gasteiger partial charge in [-0.2, -0.15) is 0 Å². The molecule has 0 aliphatic heterocycles. The van der Waals surface area contributed by atoms with Gasteiger partial charge in [0.05, 0.1) is 3.57 Å². The highest BCUT2D eigenvalue weighted by Gasteiger charge is 2.04. The van der Waals surface area contributed by atoms with Crippen molar-refractivity contribution in [1.29, 1.82) is 0 Å². The molecule has 0 unspecified atom stereocenters. The van der Waals surface area contributed by atoms with Gasteiger partial charge >= 0.3 is 0 Å². The van der Waals surface area contributed by atoms with Crippen LogP contribution in [-0.2, 0) is 0 Å². The summed E-state index contributed by atoms with van der Waals surface area (Å²) in [6, 6.07) is 9.92. The number of rotatable bonds is 2. The lowest BCUT2D eigenvalue weighted by atomic mass is 10.1. The number of hydrogen-bond donors (Lipinski definition) is 3. The summed E-state index contributed by atoms with van der Waals surface area (Å²) in [7, 11) is 0. The molecule has 0 amide bonds. The molecule has 0 radical (unpaired) electrons. The molecule has 0 aromatic heterocycles. The van der Waals surface area contributed by atoms with Crippen molar-refractivity contribution >= 4 is 34.7 Å². The fraction of sp³-hybridized carbons (Fsp3) is 0. The quantitative estimate of drug-likeness (QED) is 0.571. The standard InChI is InChI=1S/C14H11IO3/c15-14-12(17)7-10(8-13(14)18)2-1-9-3-5-11(16)6-4-9/h1-8,16-18H/b2-1+. The average molecular weight is 354 g/mol. The Balaban J connectivity index is 2.26. The highest BCUT2D eigenvalue weighted by atomic mass is 127. The van der Waals surface area contributed by atoms with Crippen molar-refractivity contribution in [2.24, 2.45) is 0 Å². The monoisotopic (exact) mass is 354 g/mol. The van der Waals surface area contributed by atoms with Crippen LogP contribution in [0.25, 0.3) is 12.2 Å². The van der Waals surface area contributed by atoms with E-state index in [0.29, 0.717) is 9.13 Å². The number of halogens is 1. The Kier molecular flexibility index (Phi) is 3.76. The van der Waals surface area contributed by atoms with Crippen molar-refractivity contribution in [1.82, 2.24) is 0 Å². The van der Waals surface area contributed by atoms with Gasteiger partial charge in [0.2, 0.25) is 0 Å². The minimum absolute atomic E-state index is 0.0564. The molecule has 4 heteroatoms. The molecule has 2 aromatic carbocycles. The Morgan fingerprint density at radius 3 is 1.83 bits per heavy atom. The predicted molar refractivity (Wildman–Crippen MR) is 79.5 cm³/mol. The number of benzene rings is 2. The Morgan fingerprint density at radius 2 is 1.28 bits per heavy atom. The third kappa shape index (κ3) is 2.95. The van der Waals surface area contributed by atoms with Crippen LogP contribution < -0.4 is 0 Å². The zero-order valence-electron chi connectivity index (χ0n) is 9.34. The van der Waals surface area contributed by atoms with E-state index >= 15 is 0 Å². The Hall–Kier alpha value is -1.69. The molecule has 3 nitrogen and oxygen atoms in total. The van der Waals surface area contributed by atoms with Crippen LogP contribution in [0.1, 0.15) is 11.1 Å². The van der Waals surface area contributed by atoms with Gasteiger partial charge in [-0.05, 0) is 58.0 Å². The molecular weight excluding hydrogens is 343 g/mol. The van der Waals surface area contributed by atoms with Gasteiger partial charge in [-0.3, -0.25) is 0 Å². The fourth-order valence-electron chi connectivity index (χ4n) is 1.49. The lowest BCUT2D eigenvalue weighted by molar-refractivity contribution is 0.443. The Labute approximate surface area is 118 Å². The lowest BCUT2D eigenvalue weighted by Gasteiger charge is -2.02. The molecule has 3 N–H and O–H groups in total. The van der Waals surface area contributed by atoms with E-state index in [2.05, 4.69) is 0 Å². The topological polar surface area (TPSA) is 60.7 Å². The first kappa shape index (κ1) is 12.8. The lowest BCUT2D eigenvalue weighted by Crippen LogP contribution is -1.79. The third-order valence-electron chi connectivity index (χ3n) is 2.42. The van der Waals surface area contributed by atoms with Crippen LogP contribution in [0.5, 0.6) is 17.2 Å². The molecular formula is C14H11IO3.